The van der Waals surface area contributed by atoms with Gasteiger partial charge in [-0.1, -0.05) is 37.1 Å². The van der Waals surface area contributed by atoms with Crippen LogP contribution in [-0.4, -0.2) is 28.6 Å². The highest BCUT2D eigenvalue weighted by molar-refractivity contribution is 5.94. The topological polar surface area (TPSA) is 85.2 Å². The van der Waals surface area contributed by atoms with Gasteiger partial charge in [0.15, 0.2) is 0 Å². The second kappa shape index (κ2) is 8.34. The third kappa shape index (κ3) is 4.08. The lowest BCUT2D eigenvalue weighted by Crippen LogP contribution is -2.31. The van der Waals surface area contributed by atoms with Crippen molar-refractivity contribution in [2.24, 2.45) is 0 Å². The third-order valence-corrected chi connectivity index (χ3v) is 5.27. The molecule has 1 heterocycles. The van der Waals surface area contributed by atoms with Gasteiger partial charge >= 0.3 is 5.69 Å². The number of ether oxygens (including phenoxy) is 1. The van der Waals surface area contributed by atoms with Crippen molar-refractivity contribution < 1.29 is 9.53 Å². The minimum Gasteiger partial charge on any atom is -0.495 e. The van der Waals surface area contributed by atoms with Crippen LogP contribution in [0, 0.1) is 0 Å². The number of aromatic nitrogens is 2. The molecule has 4 rings (SSSR count). The second-order valence-corrected chi connectivity index (χ2v) is 7.22. The fourth-order valence-corrected chi connectivity index (χ4v) is 3.84. The fraction of sp³-hybridized carbons (Fsp3) is 0.318. The number of amides is 1. The molecule has 0 bridgehead atoms. The first-order valence-corrected chi connectivity index (χ1v) is 9.84. The summed E-state index contributed by atoms with van der Waals surface area (Å²) in [6.45, 7) is -0.131. The third-order valence-electron chi connectivity index (χ3n) is 5.27. The monoisotopic (exact) mass is 392 g/mol. The molecule has 150 valence electrons. The number of carbonyl (C=O) groups excluding carboxylic acids is 1. The smallest absolute Gasteiger partial charge is 0.350 e. The van der Waals surface area contributed by atoms with E-state index < -0.39 is 5.69 Å². The number of carbonyl (C=O) groups is 1. The Morgan fingerprint density at radius 1 is 1.14 bits per heavy atom. The van der Waals surface area contributed by atoms with Gasteiger partial charge < -0.3 is 15.4 Å². The minimum atomic E-state index is -0.445. The molecular weight excluding hydrogens is 368 g/mol. The van der Waals surface area contributed by atoms with Gasteiger partial charge in [0.1, 0.15) is 18.1 Å². The SMILES string of the molecule is COc1ccccc1NC(=O)Cn1c(=O)nc(NC2CCCC2)c2ccccc21. The fourth-order valence-electron chi connectivity index (χ4n) is 3.84. The number of fused-ring (bicyclic) bond motifs is 1. The predicted molar refractivity (Wildman–Crippen MR) is 114 cm³/mol. The van der Waals surface area contributed by atoms with Crippen LogP contribution in [0.4, 0.5) is 11.5 Å². The molecule has 2 aromatic carbocycles. The van der Waals surface area contributed by atoms with Crippen molar-refractivity contribution in [1.82, 2.24) is 9.55 Å². The Morgan fingerprint density at radius 2 is 1.86 bits per heavy atom. The lowest BCUT2D eigenvalue weighted by atomic mass is 10.2. The van der Waals surface area contributed by atoms with Crippen LogP contribution in [0.1, 0.15) is 25.7 Å². The Kier molecular flexibility index (Phi) is 5.46. The maximum absolute atomic E-state index is 12.7. The van der Waals surface area contributed by atoms with Gasteiger partial charge in [-0.05, 0) is 37.1 Å². The molecular formula is C22H24N4O3. The predicted octanol–water partition coefficient (Wildman–Crippen LogP) is 3.40. The van der Waals surface area contributed by atoms with Crippen molar-refractivity contribution in [2.75, 3.05) is 17.7 Å². The zero-order valence-corrected chi connectivity index (χ0v) is 16.4. The van der Waals surface area contributed by atoms with Crippen molar-refractivity contribution in [3.63, 3.8) is 0 Å². The number of para-hydroxylation sites is 3. The van der Waals surface area contributed by atoms with E-state index in [0.29, 0.717) is 28.8 Å². The van der Waals surface area contributed by atoms with Crippen molar-refractivity contribution in [2.45, 2.75) is 38.3 Å². The molecule has 0 atom stereocenters. The number of rotatable bonds is 6. The van der Waals surface area contributed by atoms with Crippen molar-refractivity contribution >= 4 is 28.3 Å². The van der Waals surface area contributed by atoms with Gasteiger partial charge in [-0.2, -0.15) is 4.98 Å². The van der Waals surface area contributed by atoms with Gasteiger partial charge in [0, 0.05) is 11.4 Å². The van der Waals surface area contributed by atoms with E-state index in [2.05, 4.69) is 15.6 Å². The van der Waals surface area contributed by atoms with E-state index in [1.54, 1.807) is 19.2 Å². The van der Waals surface area contributed by atoms with E-state index in [-0.39, 0.29) is 12.5 Å². The summed E-state index contributed by atoms with van der Waals surface area (Å²) in [6.07, 6.45) is 4.55. The molecule has 7 nitrogen and oxygen atoms in total. The van der Waals surface area contributed by atoms with Crippen LogP contribution >= 0.6 is 0 Å². The molecule has 3 aromatic rings. The van der Waals surface area contributed by atoms with Crippen molar-refractivity contribution in [1.29, 1.82) is 0 Å². The lowest BCUT2D eigenvalue weighted by Gasteiger charge is -2.17. The number of nitrogens with zero attached hydrogens (tertiary/aromatic N) is 2. The zero-order valence-electron chi connectivity index (χ0n) is 16.4. The molecule has 2 N–H and O–H groups in total. The average Bonchev–Trinajstić information content (AvgIpc) is 3.24. The van der Waals surface area contributed by atoms with E-state index in [0.717, 1.165) is 18.2 Å². The van der Waals surface area contributed by atoms with Crippen LogP contribution < -0.4 is 21.1 Å². The Labute approximate surface area is 168 Å². The van der Waals surface area contributed by atoms with E-state index >= 15 is 0 Å². The van der Waals surface area contributed by atoms with E-state index in [9.17, 15) is 9.59 Å². The molecule has 7 heteroatoms. The van der Waals surface area contributed by atoms with Gasteiger partial charge in [0.05, 0.1) is 18.3 Å². The number of methoxy groups -OCH3 is 1. The summed E-state index contributed by atoms with van der Waals surface area (Å²) in [6, 6.07) is 15.0. The second-order valence-electron chi connectivity index (χ2n) is 7.22. The maximum Gasteiger partial charge on any atom is 0.350 e. The Morgan fingerprint density at radius 3 is 2.66 bits per heavy atom. The quantitative estimate of drug-likeness (QED) is 0.672. The standard InChI is InChI=1S/C22H24N4O3/c1-29-19-13-7-5-11-17(19)24-20(27)14-26-18-12-6-4-10-16(18)21(25-22(26)28)23-15-8-2-3-9-15/h4-7,10-13,15H,2-3,8-9,14H2,1H3,(H,24,27)(H,23,25,28). The summed E-state index contributed by atoms with van der Waals surface area (Å²) in [4.78, 5) is 29.6. The van der Waals surface area contributed by atoms with E-state index in [1.165, 1.54) is 17.4 Å². The van der Waals surface area contributed by atoms with Gasteiger partial charge in [-0.3, -0.25) is 9.36 Å². The molecule has 0 saturated heterocycles. The maximum atomic E-state index is 12.7. The first kappa shape index (κ1) is 19.0. The summed E-state index contributed by atoms with van der Waals surface area (Å²) in [5, 5.41) is 7.06. The molecule has 1 aliphatic carbocycles. The largest absolute Gasteiger partial charge is 0.495 e. The summed E-state index contributed by atoms with van der Waals surface area (Å²) in [5.74, 6) is 0.839. The molecule has 1 amide bonds. The van der Waals surface area contributed by atoms with Crippen LogP contribution in [0.5, 0.6) is 5.75 Å². The van der Waals surface area contributed by atoms with Gasteiger partial charge in [-0.15, -0.1) is 0 Å². The number of nitrogens with one attached hydrogen (secondary N) is 2. The number of anilines is 2. The minimum absolute atomic E-state index is 0.131. The first-order valence-electron chi connectivity index (χ1n) is 9.84. The summed E-state index contributed by atoms with van der Waals surface area (Å²) < 4.78 is 6.67. The molecule has 1 aromatic heterocycles. The molecule has 0 spiro atoms. The molecule has 29 heavy (non-hydrogen) atoms. The van der Waals surface area contributed by atoms with Crippen LogP contribution in [0.2, 0.25) is 0 Å². The lowest BCUT2D eigenvalue weighted by molar-refractivity contribution is -0.116. The molecule has 0 unspecified atom stereocenters. The molecule has 0 radical (unpaired) electrons. The number of hydrogen-bond acceptors (Lipinski definition) is 5. The van der Waals surface area contributed by atoms with Crippen LogP contribution in [0.25, 0.3) is 10.9 Å². The van der Waals surface area contributed by atoms with Gasteiger partial charge in [-0.25, -0.2) is 4.79 Å². The Balaban J connectivity index is 1.63. The highest BCUT2D eigenvalue weighted by atomic mass is 16.5. The van der Waals surface area contributed by atoms with Crippen LogP contribution in [-0.2, 0) is 11.3 Å². The first-order chi connectivity index (χ1) is 14.2. The highest BCUT2D eigenvalue weighted by Gasteiger charge is 2.19. The van der Waals surface area contributed by atoms with Crippen LogP contribution in [0.3, 0.4) is 0 Å². The van der Waals surface area contributed by atoms with E-state index in [4.69, 9.17) is 4.74 Å². The number of hydrogen-bond donors (Lipinski definition) is 2. The molecule has 1 aliphatic rings. The zero-order chi connectivity index (χ0) is 20.2. The molecule has 1 fully saturated rings. The molecule has 1 saturated carbocycles. The summed E-state index contributed by atoms with van der Waals surface area (Å²) in [5.41, 5.74) is 0.799. The Hall–Kier alpha value is -3.35. The Bertz CT molecular complexity index is 1090. The van der Waals surface area contributed by atoms with E-state index in [1.807, 2.05) is 36.4 Å². The van der Waals surface area contributed by atoms with Crippen molar-refractivity contribution in [3.05, 3.63) is 59.0 Å². The highest BCUT2D eigenvalue weighted by Crippen LogP contribution is 2.26. The molecule has 0 aliphatic heterocycles. The van der Waals surface area contributed by atoms with Crippen molar-refractivity contribution in [3.8, 4) is 5.75 Å². The van der Waals surface area contributed by atoms with Crippen LogP contribution in [0.15, 0.2) is 53.3 Å². The summed E-state index contributed by atoms with van der Waals surface area (Å²) in [7, 11) is 1.54. The van der Waals surface area contributed by atoms with Gasteiger partial charge in [0.2, 0.25) is 5.91 Å². The number of benzene rings is 2. The van der Waals surface area contributed by atoms with Gasteiger partial charge in [0.25, 0.3) is 0 Å². The average molecular weight is 392 g/mol. The summed E-state index contributed by atoms with van der Waals surface area (Å²) >= 11 is 0. The normalized spacial score (nSPS) is 14.1.